The Morgan fingerprint density at radius 2 is 2.26 bits per heavy atom. The molecule has 0 amide bonds. The first-order valence-electron chi connectivity index (χ1n) is 6.09. The summed E-state index contributed by atoms with van der Waals surface area (Å²) in [6.45, 7) is 2.78. The molecule has 1 heterocycles. The predicted octanol–water partition coefficient (Wildman–Crippen LogP) is 3.12. The van der Waals surface area contributed by atoms with E-state index in [1.54, 1.807) is 12.1 Å². The largest absolute Gasteiger partial charge is 0.381 e. The van der Waals surface area contributed by atoms with Gasteiger partial charge < -0.3 is 5.32 Å². The van der Waals surface area contributed by atoms with Crippen molar-refractivity contribution in [2.75, 3.05) is 5.32 Å². The lowest BCUT2D eigenvalue weighted by molar-refractivity contribution is 0.746. The van der Waals surface area contributed by atoms with Crippen LogP contribution in [0.4, 0.5) is 5.69 Å². The summed E-state index contributed by atoms with van der Waals surface area (Å²) in [6.07, 6.45) is 2.92. The molecule has 19 heavy (non-hydrogen) atoms. The topological polar surface area (TPSA) is 53.6 Å². The first-order valence-corrected chi connectivity index (χ1v) is 6.46. The number of nitriles is 1. The molecule has 5 heteroatoms. The van der Waals surface area contributed by atoms with Crippen LogP contribution in [-0.2, 0) is 20.0 Å². The Morgan fingerprint density at radius 1 is 1.47 bits per heavy atom. The third-order valence-corrected chi connectivity index (χ3v) is 3.21. The Balaban J connectivity index is 2.10. The minimum Gasteiger partial charge on any atom is -0.381 e. The smallest absolute Gasteiger partial charge is 0.101 e. The predicted molar refractivity (Wildman–Crippen MR) is 76.1 cm³/mol. The molecule has 0 aliphatic rings. The van der Waals surface area contributed by atoms with Crippen LogP contribution in [0.3, 0.4) is 0 Å². The van der Waals surface area contributed by atoms with E-state index in [0.29, 0.717) is 17.1 Å². The van der Waals surface area contributed by atoms with E-state index in [1.165, 1.54) is 5.56 Å². The summed E-state index contributed by atoms with van der Waals surface area (Å²) in [7, 11) is 1.92. The van der Waals surface area contributed by atoms with Crippen LogP contribution in [0.1, 0.15) is 23.7 Å². The van der Waals surface area contributed by atoms with Crippen LogP contribution in [0.15, 0.2) is 24.4 Å². The molecule has 0 bridgehead atoms. The molecule has 4 nitrogen and oxygen atoms in total. The fourth-order valence-electron chi connectivity index (χ4n) is 1.94. The number of aryl methyl sites for hydroxylation is 2. The number of hydrogen-bond acceptors (Lipinski definition) is 3. The summed E-state index contributed by atoms with van der Waals surface area (Å²) in [4.78, 5) is 0. The highest BCUT2D eigenvalue weighted by Crippen LogP contribution is 2.21. The molecule has 0 fully saturated rings. The molecule has 0 saturated carbocycles. The van der Waals surface area contributed by atoms with Gasteiger partial charge in [0.1, 0.15) is 6.07 Å². The van der Waals surface area contributed by atoms with E-state index in [4.69, 9.17) is 16.9 Å². The third kappa shape index (κ3) is 3.07. The van der Waals surface area contributed by atoms with Crippen LogP contribution >= 0.6 is 11.6 Å². The van der Waals surface area contributed by atoms with Gasteiger partial charge in [-0.1, -0.05) is 18.5 Å². The van der Waals surface area contributed by atoms with Gasteiger partial charge >= 0.3 is 0 Å². The van der Waals surface area contributed by atoms with Crippen molar-refractivity contribution in [1.82, 2.24) is 9.78 Å². The number of halogens is 1. The van der Waals surface area contributed by atoms with E-state index in [0.717, 1.165) is 17.8 Å². The van der Waals surface area contributed by atoms with Gasteiger partial charge in [0.2, 0.25) is 0 Å². The molecule has 0 unspecified atom stereocenters. The molecule has 0 radical (unpaired) electrons. The molecule has 1 N–H and O–H groups in total. The molecule has 2 rings (SSSR count). The van der Waals surface area contributed by atoms with Gasteiger partial charge in [0.15, 0.2) is 0 Å². The Kier molecular flexibility index (Phi) is 4.08. The van der Waals surface area contributed by atoms with E-state index in [2.05, 4.69) is 17.3 Å². The molecule has 0 aliphatic heterocycles. The Labute approximate surface area is 117 Å². The van der Waals surface area contributed by atoms with E-state index < -0.39 is 0 Å². The number of nitrogens with zero attached hydrogens (tertiary/aromatic N) is 3. The van der Waals surface area contributed by atoms with E-state index in [-0.39, 0.29) is 0 Å². The van der Waals surface area contributed by atoms with Crippen LogP contribution < -0.4 is 5.32 Å². The highest BCUT2D eigenvalue weighted by molar-refractivity contribution is 6.32. The SMILES string of the molecule is CCc1nn(C)cc1CNc1ccc(C#N)c(Cl)c1. The van der Waals surface area contributed by atoms with Gasteiger partial charge in [-0.2, -0.15) is 10.4 Å². The first-order chi connectivity index (χ1) is 9.13. The maximum atomic E-state index is 8.82. The summed E-state index contributed by atoms with van der Waals surface area (Å²) in [5, 5.41) is 17.0. The molecule has 0 saturated heterocycles. The molecular weight excluding hydrogens is 260 g/mol. The van der Waals surface area contributed by atoms with Crippen molar-refractivity contribution in [2.45, 2.75) is 19.9 Å². The lowest BCUT2D eigenvalue weighted by atomic mass is 10.2. The number of rotatable bonds is 4. The Bertz CT molecular complexity index is 625. The second-order valence-corrected chi connectivity index (χ2v) is 4.70. The lowest BCUT2D eigenvalue weighted by Crippen LogP contribution is -2.01. The number of nitrogens with one attached hydrogen (secondary N) is 1. The fourth-order valence-corrected chi connectivity index (χ4v) is 2.16. The van der Waals surface area contributed by atoms with Crippen LogP contribution in [0.25, 0.3) is 0 Å². The number of anilines is 1. The van der Waals surface area contributed by atoms with Crippen molar-refractivity contribution in [3.8, 4) is 6.07 Å². The van der Waals surface area contributed by atoms with Crippen molar-refractivity contribution in [3.05, 3.63) is 46.2 Å². The first kappa shape index (κ1) is 13.4. The van der Waals surface area contributed by atoms with Crippen molar-refractivity contribution in [1.29, 1.82) is 5.26 Å². The minimum absolute atomic E-state index is 0.467. The van der Waals surface area contributed by atoms with Gasteiger partial charge in [0.05, 0.1) is 16.3 Å². The van der Waals surface area contributed by atoms with Gasteiger partial charge in [-0.05, 0) is 24.6 Å². The molecule has 1 aromatic heterocycles. The maximum absolute atomic E-state index is 8.82. The average molecular weight is 275 g/mol. The van der Waals surface area contributed by atoms with Crippen LogP contribution in [0.2, 0.25) is 5.02 Å². The van der Waals surface area contributed by atoms with Gasteiger partial charge in [-0.3, -0.25) is 4.68 Å². The molecular formula is C14H15ClN4. The Morgan fingerprint density at radius 3 is 2.89 bits per heavy atom. The standard InChI is InChI=1S/C14H15ClN4/c1-3-14-11(9-19(2)18-14)8-17-12-5-4-10(7-16)13(15)6-12/h4-6,9,17H,3,8H2,1-2H3. The number of aromatic nitrogens is 2. The third-order valence-electron chi connectivity index (χ3n) is 2.90. The van der Waals surface area contributed by atoms with Crippen molar-refractivity contribution >= 4 is 17.3 Å². The number of benzene rings is 1. The van der Waals surface area contributed by atoms with Crippen LogP contribution in [0.5, 0.6) is 0 Å². The minimum atomic E-state index is 0.467. The van der Waals surface area contributed by atoms with E-state index in [1.807, 2.05) is 30.1 Å². The van der Waals surface area contributed by atoms with Crippen LogP contribution in [-0.4, -0.2) is 9.78 Å². The van der Waals surface area contributed by atoms with Gasteiger partial charge in [-0.15, -0.1) is 0 Å². The molecule has 2 aromatic rings. The Hall–Kier alpha value is -1.99. The normalized spacial score (nSPS) is 10.2. The average Bonchev–Trinajstić information content (AvgIpc) is 2.77. The van der Waals surface area contributed by atoms with E-state index in [9.17, 15) is 0 Å². The highest BCUT2D eigenvalue weighted by atomic mass is 35.5. The summed E-state index contributed by atoms with van der Waals surface area (Å²) >= 11 is 5.99. The quantitative estimate of drug-likeness (QED) is 0.932. The summed E-state index contributed by atoms with van der Waals surface area (Å²) in [5.74, 6) is 0. The van der Waals surface area contributed by atoms with Crippen molar-refractivity contribution in [3.63, 3.8) is 0 Å². The monoisotopic (exact) mass is 274 g/mol. The zero-order chi connectivity index (χ0) is 13.8. The fraction of sp³-hybridized carbons (Fsp3) is 0.286. The molecule has 0 aliphatic carbocycles. The van der Waals surface area contributed by atoms with E-state index >= 15 is 0 Å². The highest BCUT2D eigenvalue weighted by Gasteiger charge is 2.06. The summed E-state index contributed by atoms with van der Waals surface area (Å²) in [5.41, 5.74) is 3.65. The summed E-state index contributed by atoms with van der Waals surface area (Å²) in [6, 6.07) is 7.38. The molecule has 0 spiro atoms. The van der Waals surface area contributed by atoms with Gasteiger partial charge in [-0.25, -0.2) is 0 Å². The molecule has 0 atom stereocenters. The maximum Gasteiger partial charge on any atom is 0.101 e. The molecule has 1 aromatic carbocycles. The van der Waals surface area contributed by atoms with Gasteiger partial charge in [0.25, 0.3) is 0 Å². The number of hydrogen-bond donors (Lipinski definition) is 1. The van der Waals surface area contributed by atoms with Crippen molar-refractivity contribution < 1.29 is 0 Å². The second-order valence-electron chi connectivity index (χ2n) is 4.29. The second kappa shape index (κ2) is 5.77. The zero-order valence-corrected chi connectivity index (χ0v) is 11.7. The lowest BCUT2D eigenvalue weighted by Gasteiger charge is -2.07. The zero-order valence-electron chi connectivity index (χ0n) is 10.9. The summed E-state index contributed by atoms with van der Waals surface area (Å²) < 4.78 is 1.82. The van der Waals surface area contributed by atoms with Crippen LogP contribution in [0, 0.1) is 11.3 Å². The molecule has 98 valence electrons. The van der Waals surface area contributed by atoms with Gasteiger partial charge in [0, 0.05) is 31.0 Å². The van der Waals surface area contributed by atoms with Crippen molar-refractivity contribution in [2.24, 2.45) is 7.05 Å².